The third-order valence-electron chi connectivity index (χ3n) is 10.9. The molecule has 0 aromatic carbocycles. The number of ether oxygens (including phenoxy) is 3. The van der Waals surface area contributed by atoms with Gasteiger partial charge in [0.15, 0.2) is 6.10 Å². The van der Waals surface area contributed by atoms with Crippen molar-refractivity contribution in [2.45, 2.75) is 213 Å². The van der Waals surface area contributed by atoms with Gasteiger partial charge in [0.1, 0.15) is 12.7 Å². The molecule has 0 heterocycles. The monoisotopic (exact) mass is 1020 g/mol. The maximum atomic E-state index is 12.9. The van der Waals surface area contributed by atoms with Crippen LogP contribution in [-0.2, 0) is 42.2 Å². The number of unbranched alkanes of at least 4 members (excludes halogenated alkanes) is 13. The Labute approximate surface area is 437 Å². The van der Waals surface area contributed by atoms with Gasteiger partial charge in [0.25, 0.3) is 0 Å². The summed E-state index contributed by atoms with van der Waals surface area (Å²) in [5, 5.41) is 9.78. The van der Waals surface area contributed by atoms with Crippen LogP contribution in [0.5, 0.6) is 0 Å². The minimum absolute atomic E-state index is 0.0632. The van der Waals surface area contributed by atoms with Gasteiger partial charge in [-0.25, -0.2) is 4.57 Å². The Balaban J connectivity index is 4.88. The Kier molecular flexibility index (Phi) is 50.1. The maximum Gasteiger partial charge on any atom is 0.472 e. The summed E-state index contributed by atoms with van der Waals surface area (Å²) < 4.78 is 39.3. The van der Waals surface area contributed by atoms with E-state index in [0.717, 1.165) is 116 Å². The van der Waals surface area contributed by atoms with Gasteiger partial charge in [-0.15, -0.1) is 0 Å². The number of esters is 3. The second-order valence-electron chi connectivity index (χ2n) is 17.6. The second kappa shape index (κ2) is 53.2. The van der Waals surface area contributed by atoms with Gasteiger partial charge in [0.05, 0.1) is 26.2 Å². The highest BCUT2D eigenvalue weighted by molar-refractivity contribution is 7.47. The standard InChI is InChI=1S/C60H97O11P/c1-4-7-10-13-16-19-22-25-27-28-30-33-36-39-42-45-48-51-60(64)71-57(53-67-58(62)49-46-43-40-37-34-31-24-21-18-15-12-9-6-3)55-69-72(65,66)68-54-56(52-61)70-59(63)50-47-44-41-38-35-32-29-26-23-20-17-14-11-8-5-2/h7-8,10-11,16-17,19-21,24-27,29-30,33,35,38,44,47,56-57,61H,4-6,9,12-15,18,22-23,28,31-32,34,36-37,39-43,45-46,48-55H2,1-3H3,(H,65,66)/b10-7-,11-8-,19-16-,20-17-,24-21-,27-25-,29-26-,33-30-,38-35-,47-44-. The fourth-order valence-corrected chi connectivity index (χ4v) is 7.55. The molecule has 408 valence electrons. The molecule has 11 nitrogen and oxygen atoms in total. The zero-order valence-electron chi connectivity index (χ0n) is 44.8. The molecular formula is C60H97O11P. The van der Waals surface area contributed by atoms with Gasteiger partial charge in [-0.05, 0) is 109 Å². The van der Waals surface area contributed by atoms with E-state index in [1.807, 2.05) is 18.2 Å². The molecule has 12 heteroatoms. The number of rotatable bonds is 49. The Morgan fingerprint density at radius 3 is 1.24 bits per heavy atom. The third kappa shape index (κ3) is 50.8. The van der Waals surface area contributed by atoms with Crippen LogP contribution in [0.3, 0.4) is 0 Å². The Morgan fingerprint density at radius 2 is 0.778 bits per heavy atom. The smallest absolute Gasteiger partial charge is 0.462 e. The van der Waals surface area contributed by atoms with Crippen LogP contribution in [0.2, 0.25) is 0 Å². The van der Waals surface area contributed by atoms with Crippen LogP contribution in [-0.4, -0.2) is 66.5 Å². The lowest BCUT2D eigenvalue weighted by Crippen LogP contribution is -2.30. The van der Waals surface area contributed by atoms with Crippen LogP contribution in [0, 0.1) is 0 Å². The Bertz CT molecular complexity index is 1670. The lowest BCUT2D eigenvalue weighted by atomic mass is 10.1. The van der Waals surface area contributed by atoms with E-state index in [2.05, 4.69) is 118 Å². The van der Waals surface area contributed by atoms with E-state index in [-0.39, 0.29) is 25.9 Å². The van der Waals surface area contributed by atoms with Gasteiger partial charge < -0.3 is 24.2 Å². The molecular weight excluding hydrogens is 928 g/mol. The maximum absolute atomic E-state index is 12.9. The number of phosphoric acid groups is 1. The molecule has 0 rings (SSSR count). The molecule has 0 aromatic rings. The molecule has 0 aromatic heterocycles. The fraction of sp³-hybridized carbons (Fsp3) is 0.617. The van der Waals surface area contributed by atoms with E-state index >= 15 is 0 Å². The van der Waals surface area contributed by atoms with Crippen molar-refractivity contribution in [3.05, 3.63) is 122 Å². The van der Waals surface area contributed by atoms with Crippen molar-refractivity contribution in [2.24, 2.45) is 0 Å². The van der Waals surface area contributed by atoms with E-state index in [1.54, 1.807) is 6.08 Å². The number of carbonyl (C=O) groups is 3. The molecule has 0 saturated carbocycles. The topological polar surface area (TPSA) is 155 Å². The van der Waals surface area contributed by atoms with Crippen LogP contribution >= 0.6 is 7.82 Å². The molecule has 0 aliphatic rings. The SMILES string of the molecule is CC/C=C\C/C=C\C/C=C\C/C=C\C/C=C\CC(=O)OC(CO)COP(=O)(O)OCC(COC(=O)CCCCCCC/C=C\CCCCCC)OC(=O)CCCCCC/C=C\C/C=C\C/C=C\C/C=C\CC. The predicted octanol–water partition coefficient (Wildman–Crippen LogP) is 16.0. The summed E-state index contributed by atoms with van der Waals surface area (Å²) in [5.74, 6) is -1.65. The number of hydrogen-bond donors (Lipinski definition) is 2. The number of allylic oxidation sites excluding steroid dienone is 19. The summed E-state index contributed by atoms with van der Waals surface area (Å²) >= 11 is 0. The largest absolute Gasteiger partial charge is 0.472 e. The summed E-state index contributed by atoms with van der Waals surface area (Å²) in [6.45, 7) is 4.23. The lowest BCUT2D eigenvalue weighted by Gasteiger charge is -2.21. The number of phosphoric ester groups is 1. The first-order valence-electron chi connectivity index (χ1n) is 27.4. The molecule has 0 amide bonds. The van der Waals surface area contributed by atoms with Gasteiger partial charge in [0, 0.05) is 12.8 Å². The summed E-state index contributed by atoms with van der Waals surface area (Å²) in [4.78, 5) is 48.4. The number of carbonyl (C=O) groups excluding carboxylic acids is 3. The van der Waals surface area contributed by atoms with E-state index in [9.17, 15) is 28.9 Å². The van der Waals surface area contributed by atoms with Crippen LogP contribution < -0.4 is 0 Å². The van der Waals surface area contributed by atoms with Crippen LogP contribution in [0.1, 0.15) is 201 Å². The molecule has 0 radical (unpaired) electrons. The van der Waals surface area contributed by atoms with Crippen molar-refractivity contribution in [2.75, 3.05) is 26.4 Å². The van der Waals surface area contributed by atoms with Gasteiger partial charge in [-0.2, -0.15) is 0 Å². The summed E-state index contributed by atoms with van der Waals surface area (Å²) in [6, 6.07) is 0. The fourth-order valence-electron chi connectivity index (χ4n) is 6.77. The van der Waals surface area contributed by atoms with Gasteiger partial charge in [0.2, 0.25) is 0 Å². The molecule has 3 unspecified atom stereocenters. The van der Waals surface area contributed by atoms with Crippen molar-refractivity contribution in [1.29, 1.82) is 0 Å². The first kappa shape index (κ1) is 67.9. The van der Waals surface area contributed by atoms with E-state index in [4.69, 9.17) is 23.3 Å². The molecule has 0 aliphatic heterocycles. The van der Waals surface area contributed by atoms with Crippen molar-refractivity contribution >= 4 is 25.7 Å². The summed E-state index contributed by atoms with van der Waals surface area (Å²) in [5.41, 5.74) is 0. The zero-order valence-corrected chi connectivity index (χ0v) is 45.7. The molecule has 0 saturated heterocycles. The van der Waals surface area contributed by atoms with E-state index < -0.39 is 57.8 Å². The van der Waals surface area contributed by atoms with Crippen molar-refractivity contribution in [1.82, 2.24) is 0 Å². The molecule has 2 N–H and O–H groups in total. The summed E-state index contributed by atoms with van der Waals surface area (Å²) in [7, 11) is -4.79. The van der Waals surface area contributed by atoms with E-state index in [1.165, 1.54) is 25.7 Å². The molecule has 0 fully saturated rings. The van der Waals surface area contributed by atoms with Gasteiger partial charge >= 0.3 is 25.7 Å². The highest BCUT2D eigenvalue weighted by Crippen LogP contribution is 2.43. The normalized spacial score (nSPS) is 14.3. The summed E-state index contributed by atoms with van der Waals surface area (Å²) in [6.07, 6.45) is 64.7. The molecule has 0 bridgehead atoms. The van der Waals surface area contributed by atoms with Crippen molar-refractivity contribution in [3.8, 4) is 0 Å². The minimum atomic E-state index is -4.79. The second-order valence-corrected chi connectivity index (χ2v) is 19.1. The predicted molar refractivity (Wildman–Crippen MR) is 297 cm³/mol. The Morgan fingerprint density at radius 1 is 0.417 bits per heavy atom. The third-order valence-corrected chi connectivity index (χ3v) is 11.8. The highest BCUT2D eigenvalue weighted by atomic mass is 31.2. The number of aliphatic hydroxyl groups is 1. The van der Waals surface area contributed by atoms with Crippen LogP contribution in [0.15, 0.2) is 122 Å². The van der Waals surface area contributed by atoms with Crippen LogP contribution in [0.25, 0.3) is 0 Å². The minimum Gasteiger partial charge on any atom is -0.462 e. The van der Waals surface area contributed by atoms with Crippen LogP contribution in [0.4, 0.5) is 0 Å². The van der Waals surface area contributed by atoms with E-state index in [0.29, 0.717) is 19.3 Å². The molecule has 3 atom stereocenters. The first-order chi connectivity index (χ1) is 35.2. The average molecular weight is 1030 g/mol. The highest BCUT2D eigenvalue weighted by Gasteiger charge is 2.28. The lowest BCUT2D eigenvalue weighted by molar-refractivity contribution is -0.161. The number of aliphatic hydroxyl groups excluding tert-OH is 1. The van der Waals surface area contributed by atoms with Gasteiger partial charge in [-0.3, -0.25) is 23.4 Å². The molecule has 72 heavy (non-hydrogen) atoms. The van der Waals surface area contributed by atoms with Crippen molar-refractivity contribution < 1.29 is 52.2 Å². The van der Waals surface area contributed by atoms with Gasteiger partial charge in [-0.1, -0.05) is 194 Å². The number of hydrogen-bond acceptors (Lipinski definition) is 10. The Hall–Kier alpha value is -4.12. The average Bonchev–Trinajstić information content (AvgIpc) is 3.37. The zero-order chi connectivity index (χ0) is 52.7. The molecule has 0 aliphatic carbocycles. The molecule has 0 spiro atoms. The van der Waals surface area contributed by atoms with Crippen molar-refractivity contribution in [3.63, 3.8) is 0 Å². The first-order valence-corrected chi connectivity index (χ1v) is 28.9. The quantitative estimate of drug-likeness (QED) is 0.0197.